The number of hydrogen-bond acceptors (Lipinski definition) is 2. The zero-order valence-corrected chi connectivity index (χ0v) is 10.9. The van der Waals surface area contributed by atoms with Crippen LogP contribution in [-0.2, 0) is 15.0 Å². The van der Waals surface area contributed by atoms with Gasteiger partial charge in [0.1, 0.15) is 0 Å². The normalized spacial score (nSPS) is 15.9. The van der Waals surface area contributed by atoms with Gasteiger partial charge in [0.15, 0.2) is 0 Å². The van der Waals surface area contributed by atoms with Crippen LogP contribution in [0.4, 0.5) is 0 Å². The Kier molecular flexibility index (Phi) is 3.57. The van der Waals surface area contributed by atoms with Crippen LogP contribution < -0.4 is 10.6 Å². The lowest BCUT2D eigenvalue weighted by atomic mass is 9.95. The molecule has 0 spiro atoms. The lowest BCUT2D eigenvalue weighted by Gasteiger charge is -2.15. The summed E-state index contributed by atoms with van der Waals surface area (Å²) >= 11 is 5.94. The molecule has 0 unspecified atom stereocenters. The van der Waals surface area contributed by atoms with Gasteiger partial charge in [-0.15, -0.1) is 0 Å². The molecule has 1 aliphatic carbocycles. The molecule has 18 heavy (non-hydrogen) atoms. The fourth-order valence-corrected chi connectivity index (χ4v) is 2.17. The van der Waals surface area contributed by atoms with Crippen LogP contribution in [0.15, 0.2) is 24.3 Å². The molecule has 1 saturated carbocycles. The topological polar surface area (TPSA) is 58.2 Å². The molecule has 0 aliphatic heterocycles. The molecule has 1 aromatic carbocycles. The maximum absolute atomic E-state index is 12.1. The fraction of sp³-hybridized carbons (Fsp3) is 0.385. The molecule has 0 atom stereocenters. The summed E-state index contributed by atoms with van der Waals surface area (Å²) in [6.07, 6.45) is 1.60. The number of nitrogens with one attached hydrogen (secondary N) is 2. The Labute approximate surface area is 111 Å². The number of hydrogen-bond donors (Lipinski definition) is 2. The first-order chi connectivity index (χ1) is 8.58. The molecule has 4 nitrogen and oxygen atoms in total. The van der Waals surface area contributed by atoms with Gasteiger partial charge in [0, 0.05) is 12.1 Å². The number of carbonyl (C=O) groups excluding carboxylic acids is 2. The highest BCUT2D eigenvalue weighted by Crippen LogP contribution is 2.48. The number of benzene rings is 1. The second kappa shape index (κ2) is 4.98. The van der Waals surface area contributed by atoms with Crippen LogP contribution in [0.5, 0.6) is 0 Å². The molecule has 1 aromatic rings. The summed E-state index contributed by atoms with van der Waals surface area (Å²) in [6.45, 7) is 0.0116. The Hall–Kier alpha value is -1.55. The summed E-state index contributed by atoms with van der Waals surface area (Å²) in [4.78, 5) is 23.2. The Morgan fingerprint density at radius 1 is 1.39 bits per heavy atom. The van der Waals surface area contributed by atoms with E-state index in [0.717, 1.165) is 18.4 Å². The lowest BCUT2D eigenvalue weighted by molar-refractivity contribution is -0.127. The van der Waals surface area contributed by atoms with Crippen molar-refractivity contribution >= 4 is 23.4 Å². The van der Waals surface area contributed by atoms with Crippen molar-refractivity contribution in [1.29, 1.82) is 0 Å². The van der Waals surface area contributed by atoms with Crippen molar-refractivity contribution in [2.75, 3.05) is 13.6 Å². The number of likely N-dealkylation sites (N-methyl/N-ethyl adjacent to an activating group) is 1. The molecule has 5 heteroatoms. The number of amides is 2. The Morgan fingerprint density at radius 3 is 2.67 bits per heavy atom. The van der Waals surface area contributed by atoms with Gasteiger partial charge in [-0.1, -0.05) is 23.7 Å². The number of carbonyl (C=O) groups is 2. The van der Waals surface area contributed by atoms with E-state index >= 15 is 0 Å². The molecule has 2 rings (SSSR count). The van der Waals surface area contributed by atoms with E-state index < -0.39 is 5.41 Å². The Balaban J connectivity index is 2.07. The van der Waals surface area contributed by atoms with Crippen LogP contribution in [0.1, 0.15) is 18.4 Å². The highest BCUT2D eigenvalue weighted by atomic mass is 35.5. The smallest absolute Gasteiger partial charge is 0.239 e. The molecule has 0 heterocycles. The average molecular weight is 267 g/mol. The van der Waals surface area contributed by atoms with E-state index in [0.29, 0.717) is 5.02 Å². The van der Waals surface area contributed by atoms with Gasteiger partial charge in [-0.2, -0.15) is 0 Å². The van der Waals surface area contributed by atoms with Crippen LogP contribution in [0, 0.1) is 0 Å². The van der Waals surface area contributed by atoms with Crippen LogP contribution in [-0.4, -0.2) is 25.4 Å². The number of rotatable bonds is 4. The van der Waals surface area contributed by atoms with E-state index in [2.05, 4.69) is 10.6 Å². The van der Waals surface area contributed by atoms with Crippen LogP contribution in [0.3, 0.4) is 0 Å². The van der Waals surface area contributed by atoms with Crippen molar-refractivity contribution < 1.29 is 9.59 Å². The van der Waals surface area contributed by atoms with Crippen LogP contribution in [0.2, 0.25) is 5.02 Å². The predicted octanol–water partition coefficient (Wildman–Crippen LogP) is 1.23. The summed E-state index contributed by atoms with van der Waals surface area (Å²) in [5.41, 5.74) is 0.434. The molecule has 2 amide bonds. The molecule has 0 saturated heterocycles. The van der Waals surface area contributed by atoms with Crippen molar-refractivity contribution in [2.45, 2.75) is 18.3 Å². The molecule has 96 valence electrons. The zero-order chi connectivity index (χ0) is 13.2. The summed E-state index contributed by atoms with van der Waals surface area (Å²) < 4.78 is 0. The minimum absolute atomic E-state index is 0.0116. The zero-order valence-electron chi connectivity index (χ0n) is 10.1. The summed E-state index contributed by atoms with van der Waals surface area (Å²) in [5, 5.41) is 5.75. The standard InChI is InChI=1S/C13H15ClN2O2/c1-15-11(17)8-16-12(18)13(5-6-13)9-3-2-4-10(14)7-9/h2-4,7H,5-6,8H2,1H3,(H,15,17)(H,16,18). The minimum atomic E-state index is -0.487. The highest BCUT2D eigenvalue weighted by molar-refractivity contribution is 6.30. The maximum atomic E-state index is 12.1. The molecule has 0 bridgehead atoms. The Morgan fingerprint density at radius 2 is 2.11 bits per heavy atom. The van der Waals surface area contributed by atoms with Crippen LogP contribution in [0.25, 0.3) is 0 Å². The number of halogens is 1. The first-order valence-corrected chi connectivity index (χ1v) is 6.21. The molecule has 0 aromatic heterocycles. The van der Waals surface area contributed by atoms with Gasteiger partial charge >= 0.3 is 0 Å². The molecule has 0 radical (unpaired) electrons. The van der Waals surface area contributed by atoms with Gasteiger partial charge in [-0.25, -0.2) is 0 Å². The molecule has 2 N–H and O–H groups in total. The third-order valence-corrected chi connectivity index (χ3v) is 3.49. The third-order valence-electron chi connectivity index (χ3n) is 3.25. The lowest BCUT2D eigenvalue weighted by Crippen LogP contribution is -2.40. The largest absolute Gasteiger partial charge is 0.358 e. The summed E-state index contributed by atoms with van der Waals surface area (Å²) in [7, 11) is 1.54. The first-order valence-electron chi connectivity index (χ1n) is 5.83. The van der Waals surface area contributed by atoms with Crippen molar-refractivity contribution in [1.82, 2.24) is 10.6 Å². The summed E-state index contributed by atoms with van der Waals surface area (Å²) in [6, 6.07) is 7.33. The molecular weight excluding hydrogens is 252 g/mol. The van der Waals surface area contributed by atoms with E-state index in [4.69, 9.17) is 11.6 Å². The monoisotopic (exact) mass is 266 g/mol. The summed E-state index contributed by atoms with van der Waals surface area (Å²) in [5.74, 6) is -0.307. The van der Waals surface area contributed by atoms with E-state index in [1.807, 2.05) is 18.2 Å². The maximum Gasteiger partial charge on any atom is 0.239 e. The van der Waals surface area contributed by atoms with Gasteiger partial charge in [0.2, 0.25) is 11.8 Å². The van der Waals surface area contributed by atoms with Crippen molar-refractivity contribution in [3.63, 3.8) is 0 Å². The Bertz CT molecular complexity index is 484. The molecular formula is C13H15ClN2O2. The third kappa shape index (κ3) is 2.48. The average Bonchev–Trinajstić information content (AvgIpc) is 3.17. The second-order valence-corrected chi connectivity index (χ2v) is 4.88. The SMILES string of the molecule is CNC(=O)CNC(=O)C1(c2cccc(Cl)c2)CC1. The molecule has 1 aliphatic rings. The van der Waals surface area contributed by atoms with E-state index in [9.17, 15) is 9.59 Å². The van der Waals surface area contributed by atoms with E-state index in [1.54, 1.807) is 13.1 Å². The fourth-order valence-electron chi connectivity index (χ4n) is 1.98. The van der Waals surface area contributed by atoms with Gasteiger partial charge < -0.3 is 10.6 Å². The quantitative estimate of drug-likeness (QED) is 0.861. The van der Waals surface area contributed by atoms with Crippen molar-refractivity contribution in [3.8, 4) is 0 Å². The van der Waals surface area contributed by atoms with Crippen molar-refractivity contribution in [3.05, 3.63) is 34.9 Å². The van der Waals surface area contributed by atoms with E-state index in [1.165, 1.54) is 0 Å². The van der Waals surface area contributed by atoms with Gasteiger partial charge in [-0.3, -0.25) is 9.59 Å². The van der Waals surface area contributed by atoms with E-state index in [-0.39, 0.29) is 18.4 Å². The van der Waals surface area contributed by atoms with Gasteiger partial charge in [0.25, 0.3) is 0 Å². The van der Waals surface area contributed by atoms with Gasteiger partial charge in [0.05, 0.1) is 12.0 Å². The highest BCUT2D eigenvalue weighted by Gasteiger charge is 2.51. The molecule has 1 fully saturated rings. The minimum Gasteiger partial charge on any atom is -0.358 e. The van der Waals surface area contributed by atoms with Crippen LogP contribution >= 0.6 is 11.6 Å². The van der Waals surface area contributed by atoms with Crippen molar-refractivity contribution in [2.24, 2.45) is 0 Å². The predicted molar refractivity (Wildman–Crippen MR) is 69.4 cm³/mol. The first kappa shape index (κ1) is 12.9. The van der Waals surface area contributed by atoms with Gasteiger partial charge in [-0.05, 0) is 30.5 Å². The second-order valence-electron chi connectivity index (χ2n) is 4.45.